The fourth-order valence-corrected chi connectivity index (χ4v) is 5.67. The van der Waals surface area contributed by atoms with Crippen molar-refractivity contribution in [2.75, 3.05) is 0 Å². The third-order valence-electron chi connectivity index (χ3n) is 7.96. The standard InChI is InChI=1S/C26H20F13N/c1-19-12-7-13-20(19,40-18(15-8-3-2-4-9-15)16-10-5-6-11-17(16)19)14-21(27,28)22(29,30)23(31,32)24(33,34)25(35,36)26(37,38)39/h2-6,8-11H,7,12-14H2,1H3. The lowest BCUT2D eigenvalue weighted by atomic mass is 9.62. The maximum Gasteiger partial charge on any atom is 0.460 e. The van der Waals surface area contributed by atoms with Gasteiger partial charge in [-0.05, 0) is 18.4 Å². The van der Waals surface area contributed by atoms with Gasteiger partial charge in [0.2, 0.25) is 0 Å². The number of nitrogens with zero attached hydrogens (tertiary/aromatic N) is 1. The maximum absolute atomic E-state index is 15.2. The second-order valence-corrected chi connectivity index (χ2v) is 10.3. The van der Waals surface area contributed by atoms with Crippen molar-refractivity contribution in [3.05, 3.63) is 71.3 Å². The number of rotatable bonds is 7. The van der Waals surface area contributed by atoms with E-state index in [2.05, 4.69) is 4.99 Å². The van der Waals surface area contributed by atoms with E-state index in [4.69, 9.17) is 0 Å². The van der Waals surface area contributed by atoms with Crippen LogP contribution >= 0.6 is 0 Å². The van der Waals surface area contributed by atoms with Crippen molar-refractivity contribution in [3.8, 4) is 0 Å². The molecule has 0 spiro atoms. The quantitative estimate of drug-likeness (QED) is 0.285. The molecule has 1 saturated carbocycles. The summed E-state index contributed by atoms with van der Waals surface area (Å²) in [5.74, 6) is -37.1. The Morgan fingerprint density at radius 1 is 0.650 bits per heavy atom. The molecule has 2 atom stereocenters. The number of alkyl halides is 13. The van der Waals surface area contributed by atoms with E-state index >= 15 is 8.78 Å². The van der Waals surface area contributed by atoms with Gasteiger partial charge < -0.3 is 0 Å². The van der Waals surface area contributed by atoms with Crippen LogP contribution in [0.15, 0.2) is 59.6 Å². The number of hydrogen-bond donors (Lipinski definition) is 0. The fourth-order valence-electron chi connectivity index (χ4n) is 5.67. The van der Waals surface area contributed by atoms with E-state index < -0.39 is 59.6 Å². The number of benzene rings is 2. The molecule has 14 heteroatoms. The molecule has 2 unspecified atom stereocenters. The third-order valence-corrected chi connectivity index (χ3v) is 7.96. The largest absolute Gasteiger partial charge is 0.460 e. The van der Waals surface area contributed by atoms with Crippen LogP contribution in [0, 0.1) is 0 Å². The molecule has 0 radical (unpaired) electrons. The summed E-state index contributed by atoms with van der Waals surface area (Å²) in [5, 5.41) is 0. The fraction of sp³-hybridized carbons (Fsp3) is 0.500. The highest BCUT2D eigenvalue weighted by Crippen LogP contribution is 2.64. The number of halogens is 13. The minimum absolute atomic E-state index is 0.00962. The Hall–Kier alpha value is -2.80. The van der Waals surface area contributed by atoms with Gasteiger partial charge in [-0.25, -0.2) is 0 Å². The summed E-state index contributed by atoms with van der Waals surface area (Å²) in [6.07, 6.45) is -10.1. The molecule has 2 aliphatic rings. The summed E-state index contributed by atoms with van der Waals surface area (Å²) >= 11 is 0. The monoisotopic (exact) mass is 593 g/mol. The summed E-state index contributed by atoms with van der Waals surface area (Å²) in [7, 11) is 0. The van der Waals surface area contributed by atoms with Crippen molar-refractivity contribution in [2.45, 2.75) is 79.3 Å². The molecule has 0 bridgehead atoms. The lowest BCUT2D eigenvalue weighted by Gasteiger charge is -2.49. The summed E-state index contributed by atoms with van der Waals surface area (Å²) < 4.78 is 180. The minimum atomic E-state index is -7.93. The summed E-state index contributed by atoms with van der Waals surface area (Å²) in [6, 6.07) is 13.8. The molecule has 1 aliphatic heterocycles. The Bertz CT molecular complexity index is 1300. The van der Waals surface area contributed by atoms with Gasteiger partial charge >= 0.3 is 35.8 Å². The van der Waals surface area contributed by atoms with Gasteiger partial charge in [0.05, 0.1) is 11.3 Å². The van der Waals surface area contributed by atoms with E-state index in [1.807, 2.05) is 0 Å². The first kappa shape index (κ1) is 30.2. The van der Waals surface area contributed by atoms with Gasteiger partial charge in [0, 0.05) is 23.0 Å². The highest BCUT2D eigenvalue weighted by Gasteiger charge is 2.91. The van der Waals surface area contributed by atoms with E-state index in [0.717, 1.165) is 0 Å². The highest BCUT2D eigenvalue weighted by atomic mass is 19.4. The van der Waals surface area contributed by atoms with E-state index in [9.17, 15) is 48.3 Å². The van der Waals surface area contributed by atoms with Crippen molar-refractivity contribution in [2.24, 2.45) is 4.99 Å². The molecule has 0 aromatic heterocycles. The van der Waals surface area contributed by atoms with Gasteiger partial charge in [-0.3, -0.25) is 4.99 Å². The summed E-state index contributed by atoms with van der Waals surface area (Å²) in [5.41, 5.74) is -2.81. The molecule has 1 heterocycles. The van der Waals surface area contributed by atoms with Crippen LogP contribution in [-0.2, 0) is 5.41 Å². The topological polar surface area (TPSA) is 12.4 Å². The van der Waals surface area contributed by atoms with Gasteiger partial charge in [-0.1, -0.05) is 67.9 Å². The Kier molecular flexibility index (Phi) is 6.67. The molecular formula is C26H20F13N. The molecule has 2 aromatic rings. The van der Waals surface area contributed by atoms with Crippen molar-refractivity contribution < 1.29 is 57.1 Å². The average molecular weight is 593 g/mol. The Labute approximate surface area is 219 Å². The van der Waals surface area contributed by atoms with Crippen LogP contribution in [0.25, 0.3) is 0 Å². The van der Waals surface area contributed by atoms with Crippen LogP contribution < -0.4 is 0 Å². The van der Waals surface area contributed by atoms with Gasteiger partial charge in [-0.15, -0.1) is 0 Å². The zero-order chi connectivity index (χ0) is 30.2. The molecule has 1 aliphatic carbocycles. The second-order valence-electron chi connectivity index (χ2n) is 10.3. The molecule has 40 heavy (non-hydrogen) atoms. The van der Waals surface area contributed by atoms with Gasteiger partial charge in [-0.2, -0.15) is 57.1 Å². The van der Waals surface area contributed by atoms with Crippen LogP contribution in [0.5, 0.6) is 0 Å². The maximum atomic E-state index is 15.2. The van der Waals surface area contributed by atoms with Crippen LogP contribution in [0.2, 0.25) is 0 Å². The van der Waals surface area contributed by atoms with Crippen molar-refractivity contribution in [3.63, 3.8) is 0 Å². The molecule has 0 N–H and O–H groups in total. The Morgan fingerprint density at radius 2 is 1.18 bits per heavy atom. The molecule has 220 valence electrons. The van der Waals surface area contributed by atoms with Gasteiger partial charge in [0.1, 0.15) is 0 Å². The van der Waals surface area contributed by atoms with Gasteiger partial charge in [0.15, 0.2) is 0 Å². The van der Waals surface area contributed by atoms with Crippen LogP contribution in [0.3, 0.4) is 0 Å². The Morgan fingerprint density at radius 3 is 1.75 bits per heavy atom. The lowest BCUT2D eigenvalue weighted by Crippen LogP contribution is -2.71. The molecular weight excluding hydrogens is 573 g/mol. The average Bonchev–Trinajstić information content (AvgIpc) is 3.19. The van der Waals surface area contributed by atoms with Gasteiger partial charge in [0.25, 0.3) is 0 Å². The molecule has 4 rings (SSSR count). The van der Waals surface area contributed by atoms with Crippen LogP contribution in [0.4, 0.5) is 57.1 Å². The van der Waals surface area contributed by atoms with Crippen LogP contribution in [0.1, 0.15) is 49.3 Å². The molecule has 1 fully saturated rings. The predicted molar refractivity (Wildman–Crippen MR) is 118 cm³/mol. The van der Waals surface area contributed by atoms with Crippen molar-refractivity contribution >= 4 is 5.71 Å². The third kappa shape index (κ3) is 3.87. The first-order valence-electron chi connectivity index (χ1n) is 11.8. The smallest absolute Gasteiger partial charge is 0.276 e. The second kappa shape index (κ2) is 8.85. The molecule has 2 aromatic carbocycles. The zero-order valence-electron chi connectivity index (χ0n) is 20.4. The zero-order valence-corrected chi connectivity index (χ0v) is 20.4. The van der Waals surface area contributed by atoms with Crippen molar-refractivity contribution in [1.29, 1.82) is 0 Å². The normalized spacial score (nSPS) is 24.4. The first-order valence-corrected chi connectivity index (χ1v) is 11.8. The molecule has 0 amide bonds. The predicted octanol–water partition coefficient (Wildman–Crippen LogP) is 8.85. The number of fused-ring (bicyclic) bond motifs is 3. The SMILES string of the molecule is CC12CCCC1(CC(F)(F)C(F)(F)C(F)(F)C(F)(F)C(F)(F)C(F)(F)F)N=C(c1ccccc1)c1ccccc12. The van der Waals surface area contributed by atoms with E-state index in [1.165, 1.54) is 31.2 Å². The summed E-state index contributed by atoms with van der Waals surface area (Å²) in [6.45, 7) is 1.35. The number of aliphatic imine (C=N–C) groups is 1. The molecule has 0 saturated heterocycles. The highest BCUT2D eigenvalue weighted by molar-refractivity contribution is 6.15. The first-order chi connectivity index (χ1) is 18.1. The lowest BCUT2D eigenvalue weighted by molar-refractivity contribution is -0.440. The minimum Gasteiger partial charge on any atom is -0.276 e. The summed E-state index contributed by atoms with van der Waals surface area (Å²) in [4.78, 5) is 4.33. The Balaban J connectivity index is 1.87. The van der Waals surface area contributed by atoms with Crippen LogP contribution in [-0.4, -0.2) is 47.0 Å². The number of hydrogen-bond acceptors (Lipinski definition) is 1. The molecule has 1 nitrogen and oxygen atoms in total. The van der Waals surface area contributed by atoms with E-state index in [0.29, 0.717) is 16.7 Å². The van der Waals surface area contributed by atoms with E-state index in [-0.39, 0.29) is 18.6 Å². The van der Waals surface area contributed by atoms with E-state index in [1.54, 1.807) is 30.3 Å². The van der Waals surface area contributed by atoms with Crippen molar-refractivity contribution in [1.82, 2.24) is 0 Å².